The maximum absolute atomic E-state index is 13.1. The van der Waals surface area contributed by atoms with Crippen molar-refractivity contribution in [1.29, 1.82) is 0 Å². The van der Waals surface area contributed by atoms with Gasteiger partial charge in [-0.25, -0.2) is 0 Å². The highest BCUT2D eigenvalue weighted by Crippen LogP contribution is 2.31. The van der Waals surface area contributed by atoms with Crippen LogP contribution in [-0.2, 0) is 4.79 Å². The summed E-state index contributed by atoms with van der Waals surface area (Å²) in [6, 6.07) is 8.14. The molecule has 1 fully saturated rings. The summed E-state index contributed by atoms with van der Waals surface area (Å²) < 4.78 is 0. The maximum Gasteiger partial charge on any atom is 0.228 e. The monoisotopic (exact) mass is 413 g/mol. The minimum atomic E-state index is 0.102. The first-order valence-electron chi connectivity index (χ1n) is 9.92. The minimum absolute atomic E-state index is 0.102. The summed E-state index contributed by atoms with van der Waals surface area (Å²) in [6.07, 6.45) is 6.09. The quantitative estimate of drug-likeness (QED) is 0.463. The number of hydrogen-bond acceptors (Lipinski definition) is 3. The van der Waals surface area contributed by atoms with Crippen LogP contribution in [0.15, 0.2) is 24.3 Å². The largest absolute Gasteiger partial charge is 0.308 e. The van der Waals surface area contributed by atoms with E-state index in [4.69, 9.17) is 23.2 Å². The summed E-state index contributed by atoms with van der Waals surface area (Å²) in [5.74, 6) is 0.446. The zero-order valence-corrected chi connectivity index (χ0v) is 18.3. The molecule has 1 saturated carbocycles. The highest BCUT2D eigenvalue weighted by molar-refractivity contribution is 6.30. The first-order chi connectivity index (χ1) is 12.9. The third-order valence-corrected chi connectivity index (χ3v) is 5.86. The van der Waals surface area contributed by atoms with Crippen molar-refractivity contribution in [2.75, 3.05) is 45.0 Å². The molecule has 2 atom stereocenters. The smallest absolute Gasteiger partial charge is 0.228 e. The van der Waals surface area contributed by atoms with E-state index in [1.54, 1.807) is 0 Å². The number of nitrogens with zero attached hydrogens (tertiary/aromatic N) is 3. The van der Waals surface area contributed by atoms with Crippen molar-refractivity contribution in [2.24, 2.45) is 0 Å². The number of benzene rings is 1. The van der Waals surface area contributed by atoms with Crippen molar-refractivity contribution >= 4 is 34.8 Å². The normalized spacial score (nSPS) is 20.7. The summed E-state index contributed by atoms with van der Waals surface area (Å²) in [6.45, 7) is 2.00. The van der Waals surface area contributed by atoms with Crippen LogP contribution in [0.4, 0.5) is 5.69 Å². The van der Waals surface area contributed by atoms with Crippen LogP contribution in [0.5, 0.6) is 0 Å². The van der Waals surface area contributed by atoms with Crippen LogP contribution in [0.25, 0.3) is 0 Å². The Labute approximate surface area is 174 Å². The number of anilines is 1. The standard InChI is InChI=1S/C21H33Cl2N3O/c1-24(2)15-16-25(3)19-7-5-4-6-8-20(19)26(21(27)13-14-22)18-11-9-17(23)10-12-18/h9-12,19-20H,4-8,13-16H2,1-3H3. The topological polar surface area (TPSA) is 26.8 Å². The Morgan fingerprint density at radius 3 is 2.22 bits per heavy atom. The molecule has 152 valence electrons. The highest BCUT2D eigenvalue weighted by atomic mass is 35.5. The Bertz CT molecular complexity index is 579. The average Bonchev–Trinajstić information content (AvgIpc) is 2.88. The predicted octanol–water partition coefficient (Wildman–Crippen LogP) is 4.50. The zero-order valence-electron chi connectivity index (χ0n) is 16.8. The van der Waals surface area contributed by atoms with Crippen LogP contribution in [-0.4, -0.2) is 67.9 Å². The second-order valence-electron chi connectivity index (χ2n) is 7.74. The predicted molar refractivity (Wildman–Crippen MR) is 116 cm³/mol. The molecule has 27 heavy (non-hydrogen) atoms. The molecule has 0 heterocycles. The summed E-state index contributed by atoms with van der Waals surface area (Å²) >= 11 is 12.0. The highest BCUT2D eigenvalue weighted by Gasteiger charge is 2.34. The van der Waals surface area contributed by atoms with E-state index in [1.807, 2.05) is 29.2 Å². The van der Waals surface area contributed by atoms with E-state index in [0.717, 1.165) is 38.0 Å². The van der Waals surface area contributed by atoms with Crippen molar-refractivity contribution in [3.8, 4) is 0 Å². The van der Waals surface area contributed by atoms with Crippen LogP contribution in [0, 0.1) is 0 Å². The molecule has 2 unspecified atom stereocenters. The van der Waals surface area contributed by atoms with Crippen LogP contribution in [0.1, 0.15) is 38.5 Å². The fourth-order valence-electron chi connectivity index (χ4n) is 3.93. The van der Waals surface area contributed by atoms with Gasteiger partial charge in [-0.3, -0.25) is 4.79 Å². The number of hydrogen-bond donors (Lipinski definition) is 0. The molecule has 4 nitrogen and oxygen atoms in total. The Kier molecular flexibility index (Phi) is 9.37. The average molecular weight is 414 g/mol. The number of carbonyl (C=O) groups is 1. The molecular weight excluding hydrogens is 381 g/mol. The van der Waals surface area contributed by atoms with E-state index in [9.17, 15) is 4.79 Å². The Morgan fingerprint density at radius 1 is 1.00 bits per heavy atom. The van der Waals surface area contributed by atoms with Crippen LogP contribution >= 0.6 is 23.2 Å². The fraction of sp³-hybridized carbons (Fsp3) is 0.667. The molecule has 0 aromatic heterocycles. The van der Waals surface area contributed by atoms with Crippen molar-refractivity contribution in [2.45, 2.75) is 50.6 Å². The molecular formula is C21H33Cl2N3O. The van der Waals surface area contributed by atoms with Gasteiger partial charge >= 0.3 is 0 Å². The molecule has 1 amide bonds. The minimum Gasteiger partial charge on any atom is -0.308 e. The SMILES string of the molecule is CN(C)CCN(C)C1CCCCCC1N(C(=O)CCCl)c1ccc(Cl)cc1. The number of likely N-dealkylation sites (N-methyl/N-ethyl adjacent to an activating group) is 2. The number of amides is 1. The van der Waals surface area contributed by atoms with Gasteiger partial charge in [0.05, 0.1) is 6.04 Å². The van der Waals surface area contributed by atoms with Crippen LogP contribution in [0.2, 0.25) is 5.02 Å². The lowest BCUT2D eigenvalue weighted by Crippen LogP contribution is -2.53. The van der Waals surface area contributed by atoms with Gasteiger partial charge in [-0.1, -0.05) is 30.9 Å². The third kappa shape index (κ3) is 6.63. The molecule has 0 bridgehead atoms. The lowest BCUT2D eigenvalue weighted by atomic mass is 9.98. The second kappa shape index (κ2) is 11.3. The van der Waals surface area contributed by atoms with Gasteiger partial charge in [-0.05, 0) is 58.3 Å². The molecule has 1 aromatic carbocycles. The summed E-state index contributed by atoms with van der Waals surface area (Å²) in [5.41, 5.74) is 0.924. The Balaban J connectivity index is 2.32. The molecule has 1 aromatic rings. The number of carbonyl (C=O) groups excluding carboxylic acids is 1. The van der Waals surface area contributed by atoms with E-state index in [1.165, 1.54) is 12.8 Å². The van der Waals surface area contributed by atoms with Crippen molar-refractivity contribution in [3.63, 3.8) is 0 Å². The lowest BCUT2D eigenvalue weighted by Gasteiger charge is -2.41. The van der Waals surface area contributed by atoms with Gasteiger partial charge < -0.3 is 14.7 Å². The summed E-state index contributed by atoms with van der Waals surface area (Å²) in [7, 11) is 6.39. The lowest BCUT2D eigenvalue weighted by molar-refractivity contribution is -0.119. The first kappa shape index (κ1) is 22.5. The number of halogens is 2. The van der Waals surface area contributed by atoms with Crippen molar-refractivity contribution < 1.29 is 4.79 Å². The molecule has 1 aliphatic carbocycles. The van der Waals surface area contributed by atoms with E-state index >= 15 is 0 Å². The zero-order chi connectivity index (χ0) is 19.8. The van der Waals surface area contributed by atoms with E-state index in [0.29, 0.717) is 23.4 Å². The molecule has 6 heteroatoms. The molecule has 0 aliphatic heterocycles. The van der Waals surface area contributed by atoms with Gasteiger partial charge in [0.1, 0.15) is 0 Å². The van der Waals surface area contributed by atoms with Gasteiger partial charge in [0.2, 0.25) is 5.91 Å². The second-order valence-corrected chi connectivity index (χ2v) is 8.55. The van der Waals surface area contributed by atoms with Crippen molar-refractivity contribution in [1.82, 2.24) is 9.80 Å². The fourth-order valence-corrected chi connectivity index (χ4v) is 4.22. The van der Waals surface area contributed by atoms with Gasteiger partial charge in [-0.15, -0.1) is 11.6 Å². The molecule has 0 saturated heterocycles. The van der Waals surface area contributed by atoms with E-state index in [2.05, 4.69) is 30.9 Å². The third-order valence-electron chi connectivity index (χ3n) is 5.42. The van der Waals surface area contributed by atoms with Crippen LogP contribution in [0.3, 0.4) is 0 Å². The molecule has 1 aliphatic rings. The van der Waals surface area contributed by atoms with Crippen molar-refractivity contribution in [3.05, 3.63) is 29.3 Å². The summed E-state index contributed by atoms with van der Waals surface area (Å²) in [5, 5.41) is 0.684. The van der Waals surface area contributed by atoms with E-state index in [-0.39, 0.29) is 11.9 Å². The summed E-state index contributed by atoms with van der Waals surface area (Å²) in [4.78, 5) is 19.7. The maximum atomic E-state index is 13.1. The molecule has 2 rings (SSSR count). The van der Waals surface area contributed by atoms with Gasteiger partial charge in [0.15, 0.2) is 0 Å². The van der Waals surface area contributed by atoms with E-state index < -0.39 is 0 Å². The van der Waals surface area contributed by atoms with Crippen LogP contribution < -0.4 is 4.90 Å². The van der Waals surface area contributed by atoms with Gasteiger partial charge in [0, 0.05) is 42.1 Å². The first-order valence-corrected chi connectivity index (χ1v) is 10.8. The Hall–Kier alpha value is -0.810. The number of alkyl halides is 1. The number of rotatable bonds is 8. The Morgan fingerprint density at radius 2 is 1.63 bits per heavy atom. The molecule has 0 radical (unpaired) electrons. The van der Waals surface area contributed by atoms with Gasteiger partial charge in [0.25, 0.3) is 0 Å². The van der Waals surface area contributed by atoms with Gasteiger partial charge in [-0.2, -0.15) is 0 Å². The molecule has 0 N–H and O–H groups in total. The molecule has 0 spiro atoms.